The van der Waals surface area contributed by atoms with E-state index in [0.717, 1.165) is 14.9 Å². The zero-order chi connectivity index (χ0) is 14.5. The number of benzene rings is 1. The SMILES string of the molecule is CN(Cc1cc(Br)cs1)C(=O)[C@@H](N)Cc1ccccc1.Cl. The third kappa shape index (κ3) is 5.43. The number of hydrogen-bond donors (Lipinski definition) is 1. The Morgan fingerprint density at radius 3 is 2.62 bits per heavy atom. The van der Waals surface area contributed by atoms with Gasteiger partial charge in [0.25, 0.3) is 0 Å². The molecule has 1 atom stereocenters. The van der Waals surface area contributed by atoms with Crippen molar-refractivity contribution in [1.82, 2.24) is 4.90 Å². The van der Waals surface area contributed by atoms with Gasteiger partial charge >= 0.3 is 0 Å². The van der Waals surface area contributed by atoms with Crippen molar-refractivity contribution >= 4 is 45.6 Å². The first-order chi connectivity index (χ1) is 9.56. The van der Waals surface area contributed by atoms with Crippen molar-refractivity contribution in [2.24, 2.45) is 5.73 Å². The van der Waals surface area contributed by atoms with E-state index in [2.05, 4.69) is 15.9 Å². The Hall–Kier alpha value is -0.880. The first-order valence-corrected chi connectivity index (χ1v) is 8.01. The van der Waals surface area contributed by atoms with Gasteiger partial charge in [0.2, 0.25) is 5.91 Å². The maximum absolute atomic E-state index is 12.3. The van der Waals surface area contributed by atoms with Gasteiger partial charge in [-0.2, -0.15) is 0 Å². The van der Waals surface area contributed by atoms with Gasteiger partial charge in [0.15, 0.2) is 0 Å². The molecule has 1 aromatic carbocycles. The van der Waals surface area contributed by atoms with E-state index in [1.54, 1.807) is 23.3 Å². The molecule has 0 bridgehead atoms. The third-order valence-electron chi connectivity index (χ3n) is 3.01. The smallest absolute Gasteiger partial charge is 0.239 e. The van der Waals surface area contributed by atoms with Crippen LogP contribution >= 0.6 is 39.7 Å². The minimum Gasteiger partial charge on any atom is -0.339 e. The summed E-state index contributed by atoms with van der Waals surface area (Å²) in [6.45, 7) is 0.595. The lowest BCUT2D eigenvalue weighted by atomic mass is 10.1. The van der Waals surface area contributed by atoms with Crippen LogP contribution in [0.4, 0.5) is 0 Å². The molecule has 114 valence electrons. The highest BCUT2D eigenvalue weighted by molar-refractivity contribution is 9.10. The molecular weight excluding hydrogens is 372 g/mol. The molecule has 2 N–H and O–H groups in total. The van der Waals surface area contributed by atoms with E-state index in [1.807, 2.05) is 41.8 Å². The quantitative estimate of drug-likeness (QED) is 0.851. The normalized spacial score (nSPS) is 11.6. The van der Waals surface area contributed by atoms with Gasteiger partial charge in [-0.25, -0.2) is 0 Å². The van der Waals surface area contributed by atoms with Crippen LogP contribution in [0.5, 0.6) is 0 Å². The van der Waals surface area contributed by atoms with Crippen molar-refractivity contribution in [3.8, 4) is 0 Å². The molecule has 2 aromatic rings. The predicted octanol–water partition coefficient (Wildman–Crippen LogP) is 3.46. The fourth-order valence-electron chi connectivity index (χ4n) is 1.99. The van der Waals surface area contributed by atoms with Gasteiger partial charge in [0.05, 0.1) is 12.6 Å². The molecule has 0 fully saturated rings. The van der Waals surface area contributed by atoms with Crippen LogP contribution in [0.15, 0.2) is 46.3 Å². The number of halogens is 2. The van der Waals surface area contributed by atoms with E-state index in [0.29, 0.717) is 13.0 Å². The number of thiophene rings is 1. The molecule has 1 aromatic heterocycles. The van der Waals surface area contributed by atoms with Crippen molar-refractivity contribution in [3.05, 3.63) is 56.7 Å². The molecule has 0 aliphatic heterocycles. The fraction of sp³-hybridized carbons (Fsp3) is 0.267. The van der Waals surface area contributed by atoms with Gasteiger partial charge in [0.1, 0.15) is 0 Å². The number of carbonyl (C=O) groups excluding carboxylic acids is 1. The van der Waals surface area contributed by atoms with Crippen LogP contribution in [0.1, 0.15) is 10.4 Å². The van der Waals surface area contributed by atoms with Crippen molar-refractivity contribution in [2.45, 2.75) is 19.0 Å². The van der Waals surface area contributed by atoms with Crippen molar-refractivity contribution in [2.75, 3.05) is 7.05 Å². The van der Waals surface area contributed by atoms with Gasteiger partial charge in [-0.05, 0) is 34.0 Å². The number of nitrogens with zero attached hydrogens (tertiary/aromatic N) is 1. The molecule has 0 radical (unpaired) electrons. The molecule has 0 unspecified atom stereocenters. The summed E-state index contributed by atoms with van der Waals surface area (Å²) in [5, 5.41) is 2.01. The van der Waals surface area contributed by atoms with E-state index in [1.165, 1.54) is 0 Å². The molecular formula is C15H18BrClN2OS. The highest BCUT2D eigenvalue weighted by Gasteiger charge is 2.18. The largest absolute Gasteiger partial charge is 0.339 e. The standard InChI is InChI=1S/C15H17BrN2OS.ClH/c1-18(9-13-8-12(16)10-20-13)15(19)14(17)7-11-5-3-2-4-6-11;/h2-6,8,10,14H,7,9,17H2,1H3;1H/t14-;/m0./s1. The summed E-state index contributed by atoms with van der Waals surface area (Å²) in [6.07, 6.45) is 0.568. The average Bonchev–Trinajstić information content (AvgIpc) is 2.84. The Labute approximate surface area is 143 Å². The van der Waals surface area contributed by atoms with Gasteiger partial charge < -0.3 is 10.6 Å². The van der Waals surface area contributed by atoms with Crippen LogP contribution in [-0.2, 0) is 17.8 Å². The Morgan fingerprint density at radius 2 is 2.05 bits per heavy atom. The van der Waals surface area contributed by atoms with Gasteiger partial charge in [-0.3, -0.25) is 4.79 Å². The molecule has 6 heteroatoms. The molecule has 0 spiro atoms. The van der Waals surface area contributed by atoms with Crippen LogP contribution in [-0.4, -0.2) is 23.9 Å². The molecule has 1 heterocycles. The van der Waals surface area contributed by atoms with Crippen molar-refractivity contribution in [3.63, 3.8) is 0 Å². The van der Waals surface area contributed by atoms with E-state index in [4.69, 9.17) is 5.73 Å². The molecule has 0 saturated heterocycles. The van der Waals surface area contributed by atoms with Crippen LogP contribution in [0.25, 0.3) is 0 Å². The maximum Gasteiger partial charge on any atom is 0.239 e. The van der Waals surface area contributed by atoms with Crippen molar-refractivity contribution < 1.29 is 4.79 Å². The second-order valence-corrected chi connectivity index (χ2v) is 6.63. The summed E-state index contributed by atoms with van der Waals surface area (Å²) in [5.74, 6) is -0.0293. The second-order valence-electron chi connectivity index (χ2n) is 4.72. The van der Waals surface area contributed by atoms with Gasteiger partial charge in [-0.1, -0.05) is 30.3 Å². The maximum atomic E-state index is 12.3. The summed E-state index contributed by atoms with van der Waals surface area (Å²) >= 11 is 5.04. The zero-order valence-electron chi connectivity index (χ0n) is 11.7. The second kappa shape index (κ2) is 8.54. The Bertz CT molecular complexity index is 576. The number of hydrogen-bond acceptors (Lipinski definition) is 3. The summed E-state index contributed by atoms with van der Waals surface area (Å²) in [5.41, 5.74) is 7.10. The molecule has 2 rings (SSSR count). The lowest BCUT2D eigenvalue weighted by Crippen LogP contribution is -2.42. The van der Waals surface area contributed by atoms with Crippen molar-refractivity contribution in [1.29, 1.82) is 0 Å². The number of carbonyl (C=O) groups is 1. The summed E-state index contributed by atoms with van der Waals surface area (Å²) in [7, 11) is 1.79. The van der Waals surface area contributed by atoms with Crippen LogP contribution < -0.4 is 5.73 Å². The molecule has 0 aliphatic carbocycles. The summed E-state index contributed by atoms with van der Waals surface area (Å²) in [6, 6.07) is 11.4. The predicted molar refractivity (Wildman–Crippen MR) is 93.9 cm³/mol. The minimum absolute atomic E-state index is 0. The monoisotopic (exact) mass is 388 g/mol. The number of nitrogens with two attached hydrogens (primary N) is 1. The van der Waals surface area contributed by atoms with Crippen LogP contribution in [0.3, 0.4) is 0 Å². The summed E-state index contributed by atoms with van der Waals surface area (Å²) in [4.78, 5) is 15.1. The Kier molecular flexibility index (Phi) is 7.39. The topological polar surface area (TPSA) is 46.3 Å². The van der Waals surface area contributed by atoms with Gasteiger partial charge in [-0.15, -0.1) is 23.7 Å². The third-order valence-corrected chi connectivity index (χ3v) is 4.69. The average molecular weight is 390 g/mol. The highest BCUT2D eigenvalue weighted by Crippen LogP contribution is 2.21. The first kappa shape index (κ1) is 18.2. The van der Waals surface area contributed by atoms with E-state index in [-0.39, 0.29) is 18.3 Å². The fourth-order valence-corrected chi connectivity index (χ4v) is 3.49. The number of likely N-dealkylation sites (N-methyl/N-ethyl adjacent to an activating group) is 1. The number of rotatable bonds is 5. The van der Waals surface area contributed by atoms with Gasteiger partial charge in [0, 0.05) is 21.8 Å². The highest BCUT2D eigenvalue weighted by atomic mass is 79.9. The number of amides is 1. The van der Waals surface area contributed by atoms with E-state index < -0.39 is 6.04 Å². The molecule has 0 saturated carbocycles. The zero-order valence-corrected chi connectivity index (χ0v) is 14.9. The molecule has 3 nitrogen and oxygen atoms in total. The van der Waals surface area contributed by atoms with Crippen LogP contribution in [0.2, 0.25) is 0 Å². The first-order valence-electron chi connectivity index (χ1n) is 6.33. The lowest BCUT2D eigenvalue weighted by Gasteiger charge is -2.20. The van der Waals surface area contributed by atoms with E-state index >= 15 is 0 Å². The van der Waals surface area contributed by atoms with E-state index in [9.17, 15) is 4.79 Å². The lowest BCUT2D eigenvalue weighted by molar-refractivity contribution is -0.131. The Balaban J connectivity index is 0.00000220. The molecule has 21 heavy (non-hydrogen) atoms. The summed E-state index contributed by atoms with van der Waals surface area (Å²) < 4.78 is 1.05. The Morgan fingerprint density at radius 1 is 1.38 bits per heavy atom. The molecule has 0 aliphatic rings. The molecule has 1 amide bonds. The van der Waals surface area contributed by atoms with Crippen LogP contribution in [0, 0.1) is 0 Å². The minimum atomic E-state index is -0.495.